The fourth-order valence-electron chi connectivity index (χ4n) is 1.74. The van der Waals surface area contributed by atoms with E-state index in [0.29, 0.717) is 0 Å². The molecule has 0 amide bonds. The van der Waals surface area contributed by atoms with Crippen LogP contribution in [0.2, 0.25) is 5.02 Å². The maximum absolute atomic E-state index is 13.6. The summed E-state index contributed by atoms with van der Waals surface area (Å²) in [5.41, 5.74) is 1.03. The third kappa shape index (κ3) is 3.85. The molecule has 0 bridgehead atoms. The van der Waals surface area contributed by atoms with E-state index in [1.807, 2.05) is 6.07 Å². The number of Topliss-reactive ketones (excluding diaryl/α,β-unsaturated/α-hetero) is 1. The van der Waals surface area contributed by atoms with Gasteiger partial charge in [0.2, 0.25) is 0 Å². The molecule has 0 N–H and O–H groups in total. The maximum Gasteiger partial charge on any atom is 0.141 e. The number of pyridine rings is 1. The molecule has 2 aromatic rings. The van der Waals surface area contributed by atoms with Crippen molar-refractivity contribution < 1.29 is 9.18 Å². The largest absolute Gasteiger partial charge is 0.299 e. The van der Waals surface area contributed by atoms with E-state index in [2.05, 4.69) is 20.9 Å². The van der Waals surface area contributed by atoms with Crippen molar-refractivity contribution in [1.29, 1.82) is 0 Å². The second kappa shape index (κ2) is 6.26. The number of carbonyl (C=O) groups excluding carboxylic acids is 1. The van der Waals surface area contributed by atoms with Crippen molar-refractivity contribution in [3.63, 3.8) is 0 Å². The lowest BCUT2D eigenvalue weighted by atomic mass is 10.0. The molecule has 1 heterocycles. The summed E-state index contributed by atoms with van der Waals surface area (Å²) in [7, 11) is 0. The third-order valence-electron chi connectivity index (χ3n) is 2.60. The number of ketones is 1. The first-order valence-corrected chi connectivity index (χ1v) is 6.77. The normalized spacial score (nSPS) is 10.5. The highest BCUT2D eigenvalue weighted by atomic mass is 79.9. The fourth-order valence-corrected chi connectivity index (χ4v) is 2.38. The van der Waals surface area contributed by atoms with Gasteiger partial charge in [-0.15, -0.1) is 0 Å². The van der Waals surface area contributed by atoms with E-state index in [4.69, 9.17) is 11.6 Å². The molecule has 1 aromatic carbocycles. The molecule has 2 rings (SSSR count). The van der Waals surface area contributed by atoms with E-state index in [-0.39, 0.29) is 29.2 Å². The molecule has 0 unspecified atom stereocenters. The summed E-state index contributed by atoms with van der Waals surface area (Å²) in [5, 5.41) is 0.278. The van der Waals surface area contributed by atoms with Crippen molar-refractivity contribution in [1.82, 2.24) is 4.98 Å². The molecule has 0 saturated carbocycles. The molecule has 5 heteroatoms. The van der Waals surface area contributed by atoms with Gasteiger partial charge in [-0.2, -0.15) is 0 Å². The minimum Gasteiger partial charge on any atom is -0.299 e. The Morgan fingerprint density at radius 3 is 2.79 bits per heavy atom. The average molecular weight is 343 g/mol. The molecule has 98 valence electrons. The second-order valence-electron chi connectivity index (χ2n) is 4.10. The number of rotatable bonds is 4. The zero-order valence-corrected chi connectivity index (χ0v) is 12.2. The summed E-state index contributed by atoms with van der Waals surface area (Å²) >= 11 is 9.18. The van der Waals surface area contributed by atoms with E-state index in [9.17, 15) is 9.18 Å². The van der Waals surface area contributed by atoms with Crippen LogP contribution in [0.3, 0.4) is 0 Å². The molecule has 0 fully saturated rings. The molecule has 0 aliphatic carbocycles. The quantitative estimate of drug-likeness (QED) is 0.841. The van der Waals surface area contributed by atoms with Crippen LogP contribution in [-0.4, -0.2) is 10.8 Å². The summed E-state index contributed by atoms with van der Waals surface area (Å²) in [6.45, 7) is 0. The maximum atomic E-state index is 13.6. The Morgan fingerprint density at radius 1 is 1.32 bits per heavy atom. The van der Waals surface area contributed by atoms with Gasteiger partial charge in [0.1, 0.15) is 11.6 Å². The second-order valence-corrected chi connectivity index (χ2v) is 5.43. The Bertz CT molecular complexity index is 598. The first-order valence-electron chi connectivity index (χ1n) is 5.60. The van der Waals surface area contributed by atoms with E-state index in [1.54, 1.807) is 18.5 Å². The SMILES string of the molecule is O=C(Cc1cncc(Br)c1)Cc1c(F)cccc1Cl. The molecule has 0 saturated heterocycles. The van der Waals surface area contributed by atoms with Gasteiger partial charge in [0.25, 0.3) is 0 Å². The van der Waals surface area contributed by atoms with Crippen LogP contribution in [0.15, 0.2) is 41.1 Å². The van der Waals surface area contributed by atoms with Gasteiger partial charge in [0.05, 0.1) is 0 Å². The van der Waals surface area contributed by atoms with Crippen LogP contribution in [-0.2, 0) is 17.6 Å². The van der Waals surface area contributed by atoms with Crippen LogP contribution in [0.25, 0.3) is 0 Å². The minimum absolute atomic E-state index is 0.0159. The predicted octanol–water partition coefficient (Wildman–Crippen LogP) is 3.99. The topological polar surface area (TPSA) is 30.0 Å². The van der Waals surface area contributed by atoms with Crippen molar-refractivity contribution in [3.05, 3.63) is 63.1 Å². The van der Waals surface area contributed by atoms with Gasteiger partial charge in [-0.3, -0.25) is 9.78 Å². The lowest BCUT2D eigenvalue weighted by Gasteiger charge is -2.05. The molecule has 2 nitrogen and oxygen atoms in total. The molecule has 0 aliphatic heterocycles. The number of halogens is 3. The monoisotopic (exact) mass is 341 g/mol. The average Bonchev–Trinajstić information content (AvgIpc) is 2.34. The Morgan fingerprint density at radius 2 is 2.11 bits per heavy atom. The van der Waals surface area contributed by atoms with Crippen molar-refractivity contribution in [2.45, 2.75) is 12.8 Å². The van der Waals surface area contributed by atoms with Gasteiger partial charge >= 0.3 is 0 Å². The number of carbonyl (C=O) groups is 1. The van der Waals surface area contributed by atoms with Crippen LogP contribution in [0.4, 0.5) is 4.39 Å². The van der Waals surface area contributed by atoms with Crippen LogP contribution in [0, 0.1) is 5.82 Å². The Kier molecular flexibility index (Phi) is 4.66. The lowest BCUT2D eigenvalue weighted by molar-refractivity contribution is -0.117. The van der Waals surface area contributed by atoms with Gasteiger partial charge in [0.15, 0.2) is 0 Å². The molecular weight excluding hydrogens is 333 g/mol. The van der Waals surface area contributed by atoms with E-state index in [1.165, 1.54) is 12.1 Å². The van der Waals surface area contributed by atoms with Crippen LogP contribution < -0.4 is 0 Å². The number of hydrogen-bond acceptors (Lipinski definition) is 2. The van der Waals surface area contributed by atoms with Crippen molar-refractivity contribution in [2.75, 3.05) is 0 Å². The van der Waals surface area contributed by atoms with Crippen LogP contribution >= 0.6 is 27.5 Å². The number of aromatic nitrogens is 1. The van der Waals surface area contributed by atoms with Crippen LogP contribution in [0.1, 0.15) is 11.1 Å². The van der Waals surface area contributed by atoms with Gasteiger partial charge in [-0.25, -0.2) is 4.39 Å². The van der Waals surface area contributed by atoms with Crippen molar-refractivity contribution in [3.8, 4) is 0 Å². The van der Waals surface area contributed by atoms with Crippen molar-refractivity contribution in [2.24, 2.45) is 0 Å². The molecule has 0 spiro atoms. The Balaban J connectivity index is 2.10. The summed E-state index contributed by atoms with van der Waals surface area (Å²) in [6.07, 6.45) is 3.45. The van der Waals surface area contributed by atoms with Crippen molar-refractivity contribution >= 4 is 33.3 Å². The highest BCUT2D eigenvalue weighted by molar-refractivity contribution is 9.10. The summed E-state index contributed by atoms with van der Waals surface area (Å²) in [5.74, 6) is -0.555. The predicted molar refractivity (Wildman–Crippen MR) is 75.8 cm³/mol. The smallest absolute Gasteiger partial charge is 0.141 e. The highest BCUT2D eigenvalue weighted by Gasteiger charge is 2.12. The molecule has 0 radical (unpaired) electrons. The number of benzene rings is 1. The lowest BCUT2D eigenvalue weighted by Crippen LogP contribution is -2.08. The highest BCUT2D eigenvalue weighted by Crippen LogP contribution is 2.20. The molecular formula is C14H10BrClFNO. The van der Waals surface area contributed by atoms with Gasteiger partial charge in [-0.05, 0) is 39.7 Å². The van der Waals surface area contributed by atoms with Crippen LogP contribution in [0.5, 0.6) is 0 Å². The number of hydrogen-bond donors (Lipinski definition) is 0. The zero-order chi connectivity index (χ0) is 13.8. The van der Waals surface area contributed by atoms with Gasteiger partial charge in [0, 0.05) is 40.3 Å². The van der Waals surface area contributed by atoms with E-state index < -0.39 is 5.82 Å². The first-order chi connectivity index (χ1) is 9.06. The molecule has 0 atom stereocenters. The summed E-state index contributed by atoms with van der Waals surface area (Å²) < 4.78 is 14.4. The molecule has 19 heavy (non-hydrogen) atoms. The standard InChI is InChI=1S/C14H10BrClFNO/c15-10-4-9(7-18-8-10)5-11(19)6-12-13(16)2-1-3-14(12)17/h1-4,7-8H,5-6H2. The van der Waals surface area contributed by atoms with Gasteiger partial charge < -0.3 is 0 Å². The number of nitrogens with zero attached hydrogens (tertiary/aromatic N) is 1. The minimum atomic E-state index is -0.451. The van der Waals surface area contributed by atoms with E-state index in [0.717, 1.165) is 10.0 Å². The molecule has 1 aromatic heterocycles. The Hall–Kier alpha value is -1.26. The molecule has 0 aliphatic rings. The fraction of sp³-hybridized carbons (Fsp3) is 0.143. The first kappa shape index (κ1) is 14.2. The zero-order valence-electron chi connectivity index (χ0n) is 9.87. The Labute approximate surface area is 123 Å². The summed E-state index contributed by atoms with van der Waals surface area (Å²) in [4.78, 5) is 15.9. The van der Waals surface area contributed by atoms with E-state index >= 15 is 0 Å². The summed E-state index contributed by atoms with van der Waals surface area (Å²) in [6, 6.07) is 6.21. The third-order valence-corrected chi connectivity index (χ3v) is 3.39. The van der Waals surface area contributed by atoms with Gasteiger partial charge in [-0.1, -0.05) is 17.7 Å².